The van der Waals surface area contributed by atoms with E-state index in [0.29, 0.717) is 11.3 Å². The van der Waals surface area contributed by atoms with E-state index in [1.165, 1.54) is 12.1 Å². The largest absolute Gasteiger partial charge is 0.409 e. The van der Waals surface area contributed by atoms with Crippen molar-refractivity contribution in [1.29, 1.82) is 0 Å². The number of nitrogens with one attached hydrogen (secondary N) is 1. The van der Waals surface area contributed by atoms with Gasteiger partial charge in [0.15, 0.2) is 5.84 Å². The number of hydrogen-bond donors (Lipinski definition) is 3. The molecule has 0 bridgehead atoms. The van der Waals surface area contributed by atoms with Crippen molar-refractivity contribution < 1.29 is 14.4 Å². The Morgan fingerprint density at radius 3 is 2.53 bits per heavy atom. The minimum atomic E-state index is -0.770. The smallest absolute Gasteiger partial charge is 0.235 e. The topological polar surface area (TPSA) is 87.7 Å². The van der Waals surface area contributed by atoms with Gasteiger partial charge in [0.1, 0.15) is 11.7 Å². The quantitative estimate of drug-likeness (QED) is 0.338. The van der Waals surface area contributed by atoms with Crippen LogP contribution < -0.4 is 11.1 Å². The molecule has 0 aromatic heterocycles. The second-order valence-corrected chi connectivity index (χ2v) is 4.75. The lowest BCUT2D eigenvalue weighted by molar-refractivity contribution is -0.119. The van der Waals surface area contributed by atoms with E-state index in [1.807, 2.05) is 0 Å². The van der Waals surface area contributed by atoms with Crippen molar-refractivity contribution >= 4 is 17.4 Å². The van der Waals surface area contributed by atoms with Crippen molar-refractivity contribution in [2.45, 2.75) is 20.8 Å². The maximum atomic E-state index is 13.2. The number of halogens is 1. The van der Waals surface area contributed by atoms with Gasteiger partial charge in [0.05, 0.1) is 0 Å². The summed E-state index contributed by atoms with van der Waals surface area (Å²) in [6.45, 7) is 5.28. The summed E-state index contributed by atoms with van der Waals surface area (Å²) < 4.78 is 13.2. The van der Waals surface area contributed by atoms with Gasteiger partial charge in [0.2, 0.25) is 5.91 Å². The monoisotopic (exact) mass is 267 g/mol. The Balaban J connectivity index is 2.93. The summed E-state index contributed by atoms with van der Waals surface area (Å²) in [5, 5.41) is 14.1. The SMILES string of the molecule is Cc1cc(F)cc(NC(=O)C(C(N)=NO)C(C)C)c1. The number of nitrogens with two attached hydrogens (primary N) is 1. The van der Waals surface area contributed by atoms with E-state index in [9.17, 15) is 9.18 Å². The molecule has 1 amide bonds. The molecule has 4 N–H and O–H groups in total. The molecule has 0 radical (unpaired) electrons. The van der Waals surface area contributed by atoms with Crippen LogP contribution in [-0.2, 0) is 4.79 Å². The van der Waals surface area contributed by atoms with E-state index >= 15 is 0 Å². The first-order chi connectivity index (χ1) is 8.85. The molecular weight excluding hydrogens is 249 g/mol. The summed E-state index contributed by atoms with van der Waals surface area (Å²) in [7, 11) is 0. The second kappa shape index (κ2) is 6.17. The molecular formula is C13H18FN3O2. The number of oxime groups is 1. The molecule has 0 saturated carbocycles. The number of amidine groups is 1. The average Bonchev–Trinajstić information content (AvgIpc) is 2.26. The predicted molar refractivity (Wildman–Crippen MR) is 71.5 cm³/mol. The number of anilines is 1. The fourth-order valence-corrected chi connectivity index (χ4v) is 1.87. The molecule has 0 aliphatic heterocycles. The van der Waals surface area contributed by atoms with Gasteiger partial charge in [-0.15, -0.1) is 0 Å². The van der Waals surface area contributed by atoms with Crippen LogP contribution >= 0.6 is 0 Å². The molecule has 0 heterocycles. The van der Waals surface area contributed by atoms with Crippen molar-refractivity contribution in [3.63, 3.8) is 0 Å². The van der Waals surface area contributed by atoms with Crippen LogP contribution in [0, 0.1) is 24.6 Å². The molecule has 19 heavy (non-hydrogen) atoms. The first-order valence-electron chi connectivity index (χ1n) is 5.90. The van der Waals surface area contributed by atoms with Crippen LogP contribution in [0.25, 0.3) is 0 Å². The Hall–Kier alpha value is -2.11. The minimum Gasteiger partial charge on any atom is -0.409 e. The van der Waals surface area contributed by atoms with E-state index in [-0.39, 0.29) is 11.8 Å². The Morgan fingerprint density at radius 1 is 1.42 bits per heavy atom. The van der Waals surface area contributed by atoms with Crippen LogP contribution in [0.1, 0.15) is 19.4 Å². The van der Waals surface area contributed by atoms with Crippen LogP contribution in [0.2, 0.25) is 0 Å². The number of hydrogen-bond acceptors (Lipinski definition) is 3. The molecule has 1 atom stereocenters. The van der Waals surface area contributed by atoms with Crippen LogP contribution in [0.15, 0.2) is 23.4 Å². The van der Waals surface area contributed by atoms with Crippen LogP contribution in [0.5, 0.6) is 0 Å². The fraction of sp³-hybridized carbons (Fsp3) is 0.385. The lowest BCUT2D eigenvalue weighted by Gasteiger charge is -2.18. The highest BCUT2D eigenvalue weighted by Gasteiger charge is 2.26. The lowest BCUT2D eigenvalue weighted by atomic mass is 9.93. The maximum absolute atomic E-state index is 13.2. The summed E-state index contributed by atoms with van der Waals surface area (Å²) in [6, 6.07) is 4.22. The number of rotatable bonds is 4. The summed E-state index contributed by atoms with van der Waals surface area (Å²) in [4.78, 5) is 12.1. The number of nitrogens with zero attached hydrogens (tertiary/aromatic N) is 1. The van der Waals surface area contributed by atoms with Gasteiger partial charge in [0, 0.05) is 5.69 Å². The normalized spacial score (nSPS) is 13.4. The van der Waals surface area contributed by atoms with E-state index < -0.39 is 17.6 Å². The van der Waals surface area contributed by atoms with E-state index in [1.54, 1.807) is 26.8 Å². The average molecular weight is 267 g/mol. The molecule has 0 fully saturated rings. The molecule has 1 unspecified atom stereocenters. The van der Waals surface area contributed by atoms with E-state index in [2.05, 4.69) is 10.5 Å². The number of aryl methyl sites for hydroxylation is 1. The maximum Gasteiger partial charge on any atom is 0.235 e. The van der Waals surface area contributed by atoms with Crippen molar-refractivity contribution in [2.24, 2.45) is 22.7 Å². The van der Waals surface area contributed by atoms with Crippen LogP contribution in [0.4, 0.5) is 10.1 Å². The van der Waals surface area contributed by atoms with E-state index in [0.717, 1.165) is 0 Å². The third-order valence-electron chi connectivity index (χ3n) is 2.69. The molecule has 6 heteroatoms. The molecule has 104 valence electrons. The van der Waals surface area contributed by atoms with Gasteiger partial charge in [-0.3, -0.25) is 4.79 Å². The third-order valence-corrected chi connectivity index (χ3v) is 2.69. The second-order valence-electron chi connectivity index (χ2n) is 4.75. The molecule has 0 aliphatic carbocycles. The Bertz CT molecular complexity index is 480. The minimum absolute atomic E-state index is 0.148. The first-order valence-corrected chi connectivity index (χ1v) is 5.90. The van der Waals surface area contributed by atoms with Crippen LogP contribution in [0.3, 0.4) is 0 Å². The Kier molecular flexibility index (Phi) is 4.86. The zero-order chi connectivity index (χ0) is 14.6. The Labute approximate surface area is 111 Å². The highest BCUT2D eigenvalue weighted by Crippen LogP contribution is 2.17. The molecule has 0 aliphatic rings. The zero-order valence-electron chi connectivity index (χ0n) is 11.1. The summed E-state index contributed by atoms with van der Waals surface area (Å²) >= 11 is 0. The lowest BCUT2D eigenvalue weighted by Crippen LogP contribution is -2.38. The van der Waals surface area contributed by atoms with Gasteiger partial charge in [-0.2, -0.15) is 0 Å². The fourth-order valence-electron chi connectivity index (χ4n) is 1.87. The number of amides is 1. The first kappa shape index (κ1) is 14.9. The summed E-state index contributed by atoms with van der Waals surface area (Å²) in [5.74, 6) is -1.95. The number of carbonyl (C=O) groups is 1. The molecule has 1 aromatic carbocycles. The summed E-state index contributed by atoms with van der Waals surface area (Å²) in [5.41, 5.74) is 6.54. The Morgan fingerprint density at radius 2 is 2.05 bits per heavy atom. The van der Waals surface area contributed by atoms with Gasteiger partial charge in [-0.25, -0.2) is 4.39 Å². The molecule has 0 spiro atoms. The van der Waals surface area contributed by atoms with Crippen molar-refractivity contribution in [3.8, 4) is 0 Å². The molecule has 1 aromatic rings. The number of benzene rings is 1. The zero-order valence-corrected chi connectivity index (χ0v) is 11.1. The molecule has 1 rings (SSSR count). The highest BCUT2D eigenvalue weighted by atomic mass is 19.1. The van der Waals surface area contributed by atoms with E-state index in [4.69, 9.17) is 10.9 Å². The highest BCUT2D eigenvalue weighted by molar-refractivity contribution is 6.07. The molecule has 5 nitrogen and oxygen atoms in total. The summed E-state index contributed by atoms with van der Waals surface area (Å²) in [6.07, 6.45) is 0. The van der Waals surface area contributed by atoms with Gasteiger partial charge in [-0.1, -0.05) is 19.0 Å². The number of carbonyl (C=O) groups excluding carboxylic acids is 1. The van der Waals surface area contributed by atoms with Gasteiger partial charge < -0.3 is 16.3 Å². The van der Waals surface area contributed by atoms with Crippen molar-refractivity contribution in [2.75, 3.05) is 5.32 Å². The van der Waals surface area contributed by atoms with Crippen molar-refractivity contribution in [3.05, 3.63) is 29.6 Å². The van der Waals surface area contributed by atoms with Crippen LogP contribution in [-0.4, -0.2) is 17.0 Å². The van der Waals surface area contributed by atoms with Crippen molar-refractivity contribution in [1.82, 2.24) is 0 Å². The predicted octanol–water partition coefficient (Wildman–Crippen LogP) is 2.09. The standard InChI is InChI=1S/C13H18FN3O2/c1-7(2)11(12(15)17-19)13(18)16-10-5-8(3)4-9(14)6-10/h4-7,11,19H,1-3H3,(H2,15,17)(H,16,18). The molecule has 0 saturated heterocycles. The van der Waals surface area contributed by atoms with Gasteiger partial charge in [0.25, 0.3) is 0 Å². The van der Waals surface area contributed by atoms with Gasteiger partial charge in [-0.05, 0) is 36.6 Å². The third kappa shape index (κ3) is 3.94. The van der Waals surface area contributed by atoms with Gasteiger partial charge >= 0.3 is 0 Å².